The number of aliphatic hydroxyl groups is 4. The molecule has 13 N–H and O–H groups in total. The van der Waals surface area contributed by atoms with Crippen molar-refractivity contribution in [3.8, 4) is 0 Å². The molecule has 8 atom stereocenters. The van der Waals surface area contributed by atoms with Gasteiger partial charge >= 0.3 is 0 Å². The van der Waals surface area contributed by atoms with Crippen LogP contribution in [0.15, 0.2) is 17.6 Å². The number of alkyl halides is 2. The number of aliphatic hydroxyl groups excluding tert-OH is 4. The Morgan fingerprint density at radius 1 is 0.848 bits per heavy atom. The van der Waals surface area contributed by atoms with Crippen molar-refractivity contribution < 1.29 is 47.1 Å². The van der Waals surface area contributed by atoms with Gasteiger partial charge < -0.3 is 53.3 Å². The summed E-state index contributed by atoms with van der Waals surface area (Å²) < 4.78 is 66.0. The first-order valence-electron chi connectivity index (χ1n) is 13.2. The number of fused-ring (bicyclic) bond motifs is 2. The highest BCUT2D eigenvalue weighted by atomic mass is 32.2. The molecule has 0 saturated carbocycles. The summed E-state index contributed by atoms with van der Waals surface area (Å²) >= 11 is 0. The molecule has 4 aromatic heterocycles. The molecule has 0 spiro atoms. The summed E-state index contributed by atoms with van der Waals surface area (Å²) in [5.74, 6) is -0.252. The van der Waals surface area contributed by atoms with Gasteiger partial charge in [-0.3, -0.25) is 0 Å². The third-order valence-electron chi connectivity index (χ3n) is 7.56. The van der Waals surface area contributed by atoms with Gasteiger partial charge in [0.05, 0.1) is 37.0 Å². The van der Waals surface area contributed by atoms with Crippen molar-refractivity contribution in [2.45, 2.75) is 67.0 Å². The van der Waals surface area contributed by atoms with Crippen LogP contribution in [0, 0.1) is 0 Å². The maximum atomic E-state index is 14.9. The molecule has 4 aromatic rings. The van der Waals surface area contributed by atoms with E-state index in [9.17, 15) is 32.5 Å². The van der Waals surface area contributed by atoms with E-state index in [0.29, 0.717) is 0 Å². The largest absolute Gasteiger partial charge is 0.394 e. The third kappa shape index (κ3) is 5.63. The van der Waals surface area contributed by atoms with E-state index in [1.165, 1.54) is 23.8 Å². The highest BCUT2D eigenvalue weighted by Crippen LogP contribution is 2.45. The third-order valence-corrected chi connectivity index (χ3v) is 8.40. The van der Waals surface area contributed by atoms with Crippen molar-refractivity contribution in [2.75, 3.05) is 36.7 Å². The Balaban J connectivity index is 0.000000206. The van der Waals surface area contributed by atoms with E-state index in [1.54, 1.807) is 0 Å². The van der Waals surface area contributed by atoms with Gasteiger partial charge in [-0.05, 0) is 13.8 Å². The quantitative estimate of drug-likeness (QED) is 0.109. The average molecular weight is 677 g/mol. The predicted octanol–water partition coefficient (Wildman–Crippen LogP) is -2.40. The Kier molecular flexibility index (Phi) is 9.10. The number of hydrogen-bond donors (Lipinski definition) is 8. The molecule has 20 nitrogen and oxygen atoms in total. The summed E-state index contributed by atoms with van der Waals surface area (Å²) in [6, 6.07) is 0. The number of nitrogen functional groups attached to an aromatic ring is 3. The second kappa shape index (κ2) is 12.0. The topological polar surface area (TPSA) is 333 Å². The van der Waals surface area contributed by atoms with Gasteiger partial charge in [0.2, 0.25) is 15.8 Å². The molecule has 0 unspecified atom stereocenters. The van der Waals surface area contributed by atoms with Crippen LogP contribution >= 0.6 is 0 Å². The molecule has 6 heterocycles. The first kappa shape index (κ1) is 34.9. The van der Waals surface area contributed by atoms with Gasteiger partial charge in [-0.25, -0.2) is 36.2 Å². The Morgan fingerprint density at radius 2 is 1.26 bits per heavy atom. The fourth-order valence-electron chi connectivity index (χ4n) is 5.16. The normalized spacial score (nSPS) is 31.2. The van der Waals surface area contributed by atoms with Crippen molar-refractivity contribution in [3.05, 3.63) is 23.8 Å². The molecule has 23 heteroatoms. The van der Waals surface area contributed by atoms with Crippen molar-refractivity contribution in [1.29, 1.82) is 0 Å². The summed E-state index contributed by atoms with van der Waals surface area (Å²) in [5.41, 5.74) is 13.0. The zero-order valence-corrected chi connectivity index (χ0v) is 25.5. The highest BCUT2D eigenvalue weighted by molar-refractivity contribution is 7.90. The molecule has 2 fully saturated rings. The van der Waals surface area contributed by atoms with Gasteiger partial charge in [0.25, 0.3) is 5.16 Å². The lowest BCUT2D eigenvalue weighted by molar-refractivity contribution is -0.0249. The van der Waals surface area contributed by atoms with Crippen LogP contribution in [0.2, 0.25) is 0 Å². The molecule has 2 saturated heterocycles. The lowest BCUT2D eigenvalue weighted by Gasteiger charge is -2.23. The zero-order valence-electron chi connectivity index (χ0n) is 24.6. The number of ether oxygens (including phenoxy) is 2. The number of sulfone groups is 1. The Bertz CT molecular complexity index is 1860. The van der Waals surface area contributed by atoms with E-state index < -0.39 is 76.2 Å². The van der Waals surface area contributed by atoms with E-state index >= 15 is 0 Å². The monoisotopic (exact) mass is 676 g/mol. The summed E-state index contributed by atoms with van der Waals surface area (Å²) in [5, 5.41) is 45.4. The van der Waals surface area contributed by atoms with Crippen molar-refractivity contribution in [1.82, 2.24) is 45.3 Å². The molecular formula is C23H34F2N12O8S. The van der Waals surface area contributed by atoms with E-state index in [0.717, 1.165) is 17.7 Å². The van der Waals surface area contributed by atoms with Crippen LogP contribution in [0.3, 0.4) is 0 Å². The van der Waals surface area contributed by atoms with E-state index in [2.05, 4.69) is 30.1 Å². The molecule has 2 aliphatic heterocycles. The van der Waals surface area contributed by atoms with Crippen molar-refractivity contribution >= 4 is 38.7 Å². The summed E-state index contributed by atoms with van der Waals surface area (Å²) in [6.45, 7) is 1.21. The van der Waals surface area contributed by atoms with Crippen LogP contribution in [-0.2, 0) is 19.3 Å². The molecule has 0 radical (unpaired) electrons. The number of rotatable bonds is 5. The molecule has 0 amide bonds. The van der Waals surface area contributed by atoms with Crippen molar-refractivity contribution in [2.24, 2.45) is 0 Å². The fraction of sp³-hybridized carbons (Fsp3) is 0.565. The van der Waals surface area contributed by atoms with Gasteiger partial charge in [0.1, 0.15) is 36.6 Å². The predicted molar refractivity (Wildman–Crippen MR) is 153 cm³/mol. The summed E-state index contributed by atoms with van der Waals surface area (Å²) in [7, 11) is -3.76. The van der Waals surface area contributed by atoms with Crippen LogP contribution in [0.4, 0.5) is 26.4 Å². The molecule has 0 aliphatic carbocycles. The smallest absolute Gasteiger partial charge is 0.267 e. The molecule has 0 bridgehead atoms. The number of aromatic nitrogens is 8. The molecule has 6 rings (SSSR count). The maximum Gasteiger partial charge on any atom is 0.267 e. The number of hydrogen-bond acceptors (Lipinski definition) is 18. The highest BCUT2D eigenvalue weighted by Gasteiger charge is 2.56. The van der Waals surface area contributed by atoms with E-state index in [-0.39, 0.29) is 46.4 Å². The Hall–Kier alpha value is -3.97. The van der Waals surface area contributed by atoms with Crippen LogP contribution in [0.5, 0.6) is 0 Å². The molecule has 254 valence electrons. The van der Waals surface area contributed by atoms with Gasteiger partial charge in [-0.2, -0.15) is 9.97 Å². The van der Waals surface area contributed by atoms with Gasteiger partial charge in [0.15, 0.2) is 34.3 Å². The molecule has 46 heavy (non-hydrogen) atoms. The average Bonchev–Trinajstić information content (AvgIpc) is 3.68. The second-order valence-electron chi connectivity index (χ2n) is 10.9. The Labute approximate surface area is 258 Å². The number of imidazole rings is 2. The standard InChI is InChI=1S/C12H16FN5O5S.C11H15FN6O3.H3N/c1-12(13)7(20)6(4-19)23-8(12)5-3-15-10-9(14)16-11(17-18(5)10)24(2,21)22;1-11(12)6(20)5(3-19)21-7(11)4-2-15-9-8(13)16-10(14)17-18(4)9;/h3,6-8,19-20H,4H2,1-2H3,(H2,14,16,17);2,5-7,19-20H,3H2,1H3,(H4,13,14,16,17);1H3/t6-,7-,8+,12-;5-,6-,7+,11-;/m11./s1. The molecule has 0 aromatic carbocycles. The van der Waals surface area contributed by atoms with E-state index in [1.807, 2.05) is 0 Å². The number of anilines is 3. The molecule has 2 aliphatic rings. The van der Waals surface area contributed by atoms with Crippen molar-refractivity contribution in [3.63, 3.8) is 0 Å². The summed E-state index contributed by atoms with van der Waals surface area (Å²) in [4.78, 5) is 15.4. The molecular weight excluding hydrogens is 642 g/mol. The first-order valence-corrected chi connectivity index (χ1v) is 15.1. The van der Waals surface area contributed by atoms with Crippen LogP contribution in [-0.4, -0.2) is 123 Å². The minimum atomic E-state index is -3.76. The Morgan fingerprint density at radius 3 is 1.65 bits per heavy atom. The lowest BCUT2D eigenvalue weighted by atomic mass is 9.93. The van der Waals surface area contributed by atoms with Crippen LogP contribution in [0.25, 0.3) is 11.3 Å². The minimum Gasteiger partial charge on any atom is -0.394 e. The van der Waals surface area contributed by atoms with Gasteiger partial charge in [0, 0.05) is 6.26 Å². The summed E-state index contributed by atoms with van der Waals surface area (Å²) in [6.07, 6.45) is -4.29. The van der Waals surface area contributed by atoms with Crippen LogP contribution < -0.4 is 23.4 Å². The number of nitrogens with two attached hydrogens (primary N) is 3. The van der Waals surface area contributed by atoms with Crippen LogP contribution in [0.1, 0.15) is 37.4 Å². The minimum absolute atomic E-state index is 0. The maximum absolute atomic E-state index is 14.9. The van der Waals surface area contributed by atoms with Gasteiger partial charge in [-0.15, -0.1) is 10.2 Å². The van der Waals surface area contributed by atoms with E-state index in [4.69, 9.17) is 31.8 Å². The SMILES string of the molecule is C[C@@]1(F)[C@H](O)[C@@H](CO)O[C@H]1c1cnc2c(N)nc(N)nn12.C[C@@]1(F)[C@H](O)[C@@H](CO)O[C@H]1c1cnc2c(N)nc(S(C)(=O)=O)nn12.N. The zero-order chi connectivity index (χ0) is 33.2. The first-order chi connectivity index (χ1) is 20.9. The number of nitrogens with zero attached hydrogens (tertiary/aromatic N) is 8. The van der Waals surface area contributed by atoms with Gasteiger partial charge in [-0.1, -0.05) is 0 Å². The lowest BCUT2D eigenvalue weighted by Crippen LogP contribution is -2.39. The fourth-order valence-corrected chi connectivity index (χ4v) is 5.65. The number of halogens is 2. The second-order valence-corrected chi connectivity index (χ2v) is 12.8.